The average molecular weight is 777 g/mol. The molecule has 0 N–H and O–H groups in total. The summed E-state index contributed by atoms with van der Waals surface area (Å²) in [6.45, 7) is 0. The highest BCUT2D eigenvalue weighted by Gasteiger charge is 2.29. The Hall–Kier alpha value is -8.07. The van der Waals surface area contributed by atoms with E-state index in [1.54, 1.807) is 0 Å². The lowest BCUT2D eigenvalue weighted by molar-refractivity contribution is 1.18. The summed E-state index contributed by atoms with van der Waals surface area (Å²) < 4.78 is 2.52. The SMILES string of the molecule is c1ccc(-c2cc(-c3cccc(-n4c5ccccc5c5c(-c6ccccc6)c(-c6ccccc6)c(-c6ccccc6)c(-c6ccccc6)c54)c3)cc(-c3ccccc3)n2)cc1. The van der Waals surface area contributed by atoms with Gasteiger partial charge in [0.05, 0.1) is 22.4 Å². The van der Waals surface area contributed by atoms with Crippen molar-refractivity contribution in [3.8, 4) is 83.8 Å². The van der Waals surface area contributed by atoms with Gasteiger partial charge in [0.15, 0.2) is 0 Å². The smallest absolute Gasteiger partial charge is 0.0715 e. The fourth-order valence-electron chi connectivity index (χ4n) is 9.09. The lowest BCUT2D eigenvalue weighted by Gasteiger charge is -2.24. The van der Waals surface area contributed by atoms with Gasteiger partial charge in [0.25, 0.3) is 0 Å². The number of aromatic nitrogens is 2. The largest absolute Gasteiger partial charge is 0.309 e. The van der Waals surface area contributed by atoms with Crippen molar-refractivity contribution in [3.63, 3.8) is 0 Å². The number of hydrogen-bond donors (Lipinski definition) is 0. The second kappa shape index (κ2) is 15.6. The van der Waals surface area contributed by atoms with E-state index in [0.717, 1.165) is 50.4 Å². The highest BCUT2D eigenvalue weighted by molar-refractivity contribution is 6.26. The second-order valence-corrected chi connectivity index (χ2v) is 15.4. The maximum atomic E-state index is 5.20. The average Bonchev–Trinajstić information content (AvgIpc) is 3.69. The number of benzene rings is 9. The summed E-state index contributed by atoms with van der Waals surface area (Å²) in [5, 5.41) is 2.43. The fraction of sp³-hybridized carbons (Fsp3) is 0. The molecule has 2 nitrogen and oxygen atoms in total. The van der Waals surface area contributed by atoms with E-state index in [-0.39, 0.29) is 0 Å². The van der Waals surface area contributed by atoms with Crippen molar-refractivity contribution in [3.05, 3.63) is 243 Å². The van der Waals surface area contributed by atoms with E-state index in [2.05, 4.69) is 247 Å². The first-order valence-electron chi connectivity index (χ1n) is 20.9. The highest BCUT2D eigenvalue weighted by Crippen LogP contribution is 2.54. The third kappa shape index (κ3) is 6.52. The van der Waals surface area contributed by atoms with Crippen molar-refractivity contribution in [2.45, 2.75) is 0 Å². The Morgan fingerprint density at radius 1 is 0.279 bits per heavy atom. The van der Waals surface area contributed by atoms with Gasteiger partial charge in [-0.05, 0) is 69.3 Å². The van der Waals surface area contributed by atoms with Crippen LogP contribution in [0.25, 0.3) is 106 Å². The number of fused-ring (bicyclic) bond motifs is 3. The first kappa shape index (κ1) is 36.0. The van der Waals surface area contributed by atoms with Crippen LogP contribution in [-0.4, -0.2) is 9.55 Å². The minimum Gasteiger partial charge on any atom is -0.309 e. The predicted octanol–water partition coefficient (Wildman–Crippen LogP) is 15.8. The van der Waals surface area contributed by atoms with Gasteiger partial charge >= 0.3 is 0 Å². The van der Waals surface area contributed by atoms with Crippen LogP contribution in [0.5, 0.6) is 0 Å². The molecule has 2 aromatic heterocycles. The molecule has 0 spiro atoms. The number of hydrogen-bond acceptors (Lipinski definition) is 1. The van der Waals surface area contributed by atoms with Crippen LogP contribution < -0.4 is 0 Å². The zero-order valence-corrected chi connectivity index (χ0v) is 33.5. The number of pyridine rings is 1. The van der Waals surface area contributed by atoms with E-state index in [1.165, 1.54) is 55.2 Å². The molecule has 0 saturated heterocycles. The topological polar surface area (TPSA) is 17.8 Å². The van der Waals surface area contributed by atoms with Crippen molar-refractivity contribution < 1.29 is 0 Å². The summed E-state index contributed by atoms with van der Waals surface area (Å²) in [5.74, 6) is 0. The van der Waals surface area contributed by atoms with Crippen molar-refractivity contribution in [1.82, 2.24) is 9.55 Å². The van der Waals surface area contributed by atoms with Gasteiger partial charge in [-0.25, -0.2) is 4.98 Å². The molecule has 0 aliphatic carbocycles. The van der Waals surface area contributed by atoms with E-state index in [9.17, 15) is 0 Å². The third-order valence-corrected chi connectivity index (χ3v) is 11.8. The molecular formula is C59H40N2. The number of para-hydroxylation sites is 1. The number of rotatable bonds is 8. The Morgan fingerprint density at radius 2 is 0.672 bits per heavy atom. The number of nitrogens with zero attached hydrogens (tertiary/aromatic N) is 2. The maximum Gasteiger partial charge on any atom is 0.0715 e. The molecule has 0 fully saturated rings. The molecule has 2 heterocycles. The first-order chi connectivity index (χ1) is 30.3. The molecule has 9 aromatic carbocycles. The molecule has 61 heavy (non-hydrogen) atoms. The Bertz CT molecular complexity index is 3240. The van der Waals surface area contributed by atoms with E-state index >= 15 is 0 Å². The van der Waals surface area contributed by atoms with E-state index in [4.69, 9.17) is 4.98 Å². The zero-order valence-electron chi connectivity index (χ0n) is 33.5. The molecule has 0 radical (unpaired) electrons. The minimum absolute atomic E-state index is 0.944. The van der Waals surface area contributed by atoms with E-state index < -0.39 is 0 Å². The monoisotopic (exact) mass is 776 g/mol. The molecule has 11 aromatic rings. The van der Waals surface area contributed by atoms with Gasteiger partial charge in [-0.15, -0.1) is 0 Å². The summed E-state index contributed by atoms with van der Waals surface area (Å²) in [4.78, 5) is 5.20. The zero-order chi connectivity index (χ0) is 40.5. The summed E-state index contributed by atoms with van der Waals surface area (Å²) in [5.41, 5.74) is 19.2. The quantitative estimate of drug-likeness (QED) is 0.150. The van der Waals surface area contributed by atoms with Crippen molar-refractivity contribution in [2.24, 2.45) is 0 Å². The lowest BCUT2D eigenvalue weighted by Crippen LogP contribution is -2.01. The molecule has 11 rings (SSSR count). The van der Waals surface area contributed by atoms with Gasteiger partial charge in [-0.1, -0.05) is 212 Å². The van der Waals surface area contributed by atoms with Crippen LogP contribution >= 0.6 is 0 Å². The summed E-state index contributed by atoms with van der Waals surface area (Å²) in [7, 11) is 0. The Morgan fingerprint density at radius 3 is 1.18 bits per heavy atom. The van der Waals surface area contributed by atoms with Crippen molar-refractivity contribution in [2.75, 3.05) is 0 Å². The van der Waals surface area contributed by atoms with Gasteiger partial charge in [-0.3, -0.25) is 0 Å². The van der Waals surface area contributed by atoms with Gasteiger partial charge in [0.2, 0.25) is 0 Å². The van der Waals surface area contributed by atoms with Crippen LogP contribution in [0.3, 0.4) is 0 Å². The summed E-state index contributed by atoms with van der Waals surface area (Å²) in [6, 6.07) is 87.3. The van der Waals surface area contributed by atoms with Crippen LogP contribution in [0.4, 0.5) is 0 Å². The van der Waals surface area contributed by atoms with Crippen LogP contribution in [0.2, 0.25) is 0 Å². The Labute approximate surface area is 356 Å². The molecule has 2 heteroatoms. The van der Waals surface area contributed by atoms with E-state index in [1.807, 2.05) is 0 Å². The van der Waals surface area contributed by atoms with Crippen molar-refractivity contribution in [1.29, 1.82) is 0 Å². The second-order valence-electron chi connectivity index (χ2n) is 15.4. The molecule has 0 saturated carbocycles. The van der Waals surface area contributed by atoms with Gasteiger partial charge in [0, 0.05) is 44.3 Å². The first-order valence-corrected chi connectivity index (χ1v) is 20.9. The Kier molecular flexibility index (Phi) is 9.22. The third-order valence-electron chi connectivity index (χ3n) is 11.8. The molecule has 0 amide bonds. The fourth-order valence-corrected chi connectivity index (χ4v) is 9.09. The maximum absolute atomic E-state index is 5.20. The van der Waals surface area contributed by atoms with E-state index in [0.29, 0.717) is 0 Å². The van der Waals surface area contributed by atoms with Crippen LogP contribution in [0, 0.1) is 0 Å². The normalized spacial score (nSPS) is 11.3. The molecule has 0 bridgehead atoms. The lowest BCUT2D eigenvalue weighted by atomic mass is 9.80. The molecule has 0 atom stereocenters. The summed E-state index contributed by atoms with van der Waals surface area (Å²) in [6.07, 6.45) is 0. The van der Waals surface area contributed by atoms with Gasteiger partial charge < -0.3 is 4.57 Å². The standard InChI is InChI=1S/C59H40N2/c1-7-22-41(23-8-1)51-39-48(40-52(60-51)42-24-9-2-10-25-42)47-34-21-35-49(38-47)61-53-37-20-19-36-50(53)58-56(45-30-15-5-16-31-45)54(43-26-11-3-12-27-43)55(44-28-13-4-14-29-44)57(59(58)61)46-32-17-6-18-33-46/h1-40H. The predicted molar refractivity (Wildman–Crippen MR) is 257 cm³/mol. The van der Waals surface area contributed by atoms with Gasteiger partial charge in [0.1, 0.15) is 0 Å². The van der Waals surface area contributed by atoms with Crippen LogP contribution in [0.15, 0.2) is 243 Å². The molecule has 0 aliphatic rings. The van der Waals surface area contributed by atoms with Gasteiger partial charge in [-0.2, -0.15) is 0 Å². The van der Waals surface area contributed by atoms with Crippen LogP contribution in [0.1, 0.15) is 0 Å². The molecule has 286 valence electrons. The Balaban J connectivity index is 1.28. The highest BCUT2D eigenvalue weighted by atomic mass is 15.0. The molecule has 0 unspecified atom stereocenters. The summed E-state index contributed by atoms with van der Waals surface area (Å²) >= 11 is 0. The molecule has 0 aliphatic heterocycles. The van der Waals surface area contributed by atoms with Crippen LogP contribution in [-0.2, 0) is 0 Å². The molecular weight excluding hydrogens is 737 g/mol. The minimum atomic E-state index is 0.944. The van der Waals surface area contributed by atoms with Crippen molar-refractivity contribution >= 4 is 21.8 Å².